The fraction of sp³-hybridized carbons (Fsp3) is 0.409. The molecule has 2 aliphatic heterocycles. The van der Waals surface area contributed by atoms with Gasteiger partial charge in [0, 0.05) is 50.3 Å². The molecular formula is C22H20F7N7O. The molecule has 0 unspecified atom stereocenters. The van der Waals surface area contributed by atoms with Crippen LogP contribution in [0.1, 0.15) is 23.0 Å². The van der Waals surface area contributed by atoms with Crippen molar-refractivity contribution < 1.29 is 35.5 Å². The molecule has 1 aromatic carbocycles. The lowest BCUT2D eigenvalue weighted by atomic mass is 9.72. The second-order valence-electron chi connectivity index (χ2n) is 9.37. The van der Waals surface area contributed by atoms with Crippen molar-refractivity contribution in [3.05, 3.63) is 59.2 Å². The third-order valence-corrected chi connectivity index (χ3v) is 6.62. The predicted molar refractivity (Wildman–Crippen MR) is 116 cm³/mol. The van der Waals surface area contributed by atoms with Gasteiger partial charge in [0.15, 0.2) is 17.0 Å². The summed E-state index contributed by atoms with van der Waals surface area (Å²) in [4.78, 5) is 18.1. The van der Waals surface area contributed by atoms with E-state index in [4.69, 9.17) is 5.73 Å². The molecule has 2 saturated heterocycles. The van der Waals surface area contributed by atoms with E-state index in [-0.39, 0.29) is 17.8 Å². The van der Waals surface area contributed by atoms with E-state index in [1.54, 1.807) is 0 Å². The third-order valence-electron chi connectivity index (χ3n) is 6.62. The molecule has 4 heterocycles. The molecule has 37 heavy (non-hydrogen) atoms. The van der Waals surface area contributed by atoms with E-state index in [1.165, 1.54) is 29.2 Å². The van der Waals surface area contributed by atoms with Crippen LogP contribution in [-0.2, 0) is 12.4 Å². The minimum atomic E-state index is -4.91. The van der Waals surface area contributed by atoms with Crippen molar-refractivity contribution in [3.8, 4) is 0 Å². The second kappa shape index (κ2) is 8.46. The lowest BCUT2D eigenvalue weighted by Gasteiger charge is -2.61. The van der Waals surface area contributed by atoms with Crippen LogP contribution in [-0.4, -0.2) is 63.2 Å². The standard InChI is InChI=1S/C22H20F7N7O/c23-13-3-1-12(2-4-13)14(34-8-20(9-34)10-35(11-20)19(30)37)7-31-17-5-15(21(24,25)26)32-18-6-16(22(27,28)29)33-36(17)18/h1-6,14,31H,7-11H2,(H2,30,37)/t14-/m0/s1. The summed E-state index contributed by atoms with van der Waals surface area (Å²) in [5.74, 6) is -0.813. The highest BCUT2D eigenvalue weighted by atomic mass is 19.4. The topological polar surface area (TPSA) is 91.8 Å². The molecule has 0 saturated carbocycles. The van der Waals surface area contributed by atoms with Gasteiger partial charge in [-0.25, -0.2) is 14.2 Å². The summed E-state index contributed by atoms with van der Waals surface area (Å²) >= 11 is 0. The number of nitrogens with one attached hydrogen (secondary N) is 1. The van der Waals surface area contributed by atoms with E-state index in [1.807, 2.05) is 4.90 Å². The van der Waals surface area contributed by atoms with Gasteiger partial charge < -0.3 is 16.0 Å². The summed E-state index contributed by atoms with van der Waals surface area (Å²) < 4.78 is 94.1. The Morgan fingerprint density at radius 1 is 1.00 bits per heavy atom. The maximum Gasteiger partial charge on any atom is 0.435 e. The number of primary amides is 1. The van der Waals surface area contributed by atoms with Gasteiger partial charge in [0.25, 0.3) is 0 Å². The van der Waals surface area contributed by atoms with Crippen LogP contribution in [0, 0.1) is 11.2 Å². The molecule has 0 bridgehead atoms. The van der Waals surface area contributed by atoms with Crippen molar-refractivity contribution >= 4 is 17.5 Å². The Balaban J connectivity index is 1.43. The van der Waals surface area contributed by atoms with Crippen LogP contribution in [0.25, 0.3) is 5.65 Å². The largest absolute Gasteiger partial charge is 0.435 e. The Hall–Kier alpha value is -3.62. The first-order valence-corrected chi connectivity index (χ1v) is 11.1. The highest BCUT2D eigenvalue weighted by Crippen LogP contribution is 2.43. The molecule has 1 atom stereocenters. The van der Waals surface area contributed by atoms with Crippen LogP contribution in [0.2, 0.25) is 0 Å². The lowest BCUT2D eigenvalue weighted by Crippen LogP contribution is -2.73. The molecular weight excluding hydrogens is 511 g/mol. The number of alkyl halides is 6. The van der Waals surface area contributed by atoms with Gasteiger partial charge in [0.2, 0.25) is 0 Å². The molecule has 3 aromatic rings. The zero-order valence-electron chi connectivity index (χ0n) is 18.9. The number of nitrogens with two attached hydrogens (primary N) is 1. The van der Waals surface area contributed by atoms with Crippen molar-refractivity contribution in [2.75, 3.05) is 38.0 Å². The molecule has 8 nitrogen and oxygen atoms in total. The fourth-order valence-electron chi connectivity index (χ4n) is 4.88. The number of likely N-dealkylation sites (tertiary alicyclic amines) is 2. The molecule has 0 aliphatic carbocycles. The van der Waals surface area contributed by atoms with Crippen LogP contribution in [0.3, 0.4) is 0 Å². The number of rotatable bonds is 5. The van der Waals surface area contributed by atoms with Crippen LogP contribution in [0.4, 0.5) is 41.3 Å². The Morgan fingerprint density at radius 3 is 2.19 bits per heavy atom. The molecule has 1 spiro atoms. The number of fused-ring (bicyclic) bond motifs is 1. The first-order chi connectivity index (χ1) is 17.2. The minimum absolute atomic E-state index is 0.0289. The van der Waals surface area contributed by atoms with Crippen LogP contribution < -0.4 is 11.1 Å². The summed E-state index contributed by atoms with van der Waals surface area (Å²) in [6.45, 7) is 1.99. The lowest BCUT2D eigenvalue weighted by molar-refractivity contribution is -0.142. The monoisotopic (exact) mass is 531 g/mol. The maximum absolute atomic E-state index is 13.5. The van der Waals surface area contributed by atoms with Gasteiger partial charge in [0.05, 0.1) is 6.04 Å². The number of amides is 2. The number of urea groups is 1. The van der Waals surface area contributed by atoms with Crippen molar-refractivity contribution in [1.29, 1.82) is 0 Å². The van der Waals surface area contributed by atoms with Crippen molar-refractivity contribution in [2.24, 2.45) is 11.1 Å². The molecule has 2 amide bonds. The number of aromatic nitrogens is 3. The smallest absolute Gasteiger partial charge is 0.368 e. The second-order valence-corrected chi connectivity index (χ2v) is 9.37. The summed E-state index contributed by atoms with van der Waals surface area (Å²) in [5.41, 5.74) is 2.40. The van der Waals surface area contributed by atoms with Crippen molar-refractivity contribution in [3.63, 3.8) is 0 Å². The van der Waals surface area contributed by atoms with Crippen LogP contribution in [0.15, 0.2) is 36.4 Å². The van der Waals surface area contributed by atoms with E-state index in [2.05, 4.69) is 15.4 Å². The number of nitrogens with zero attached hydrogens (tertiary/aromatic N) is 5. The average Bonchev–Trinajstić information content (AvgIpc) is 3.18. The predicted octanol–water partition coefficient (Wildman–Crippen LogP) is 3.76. The Bertz CT molecular complexity index is 1320. The maximum atomic E-state index is 13.5. The van der Waals surface area contributed by atoms with Gasteiger partial charge in [-0.15, -0.1) is 0 Å². The number of benzene rings is 1. The molecule has 5 rings (SSSR count). The molecule has 2 fully saturated rings. The molecule has 3 N–H and O–H groups in total. The van der Waals surface area contributed by atoms with E-state index < -0.39 is 47.3 Å². The normalized spacial score (nSPS) is 18.5. The molecule has 15 heteroatoms. The van der Waals surface area contributed by atoms with Crippen molar-refractivity contribution in [2.45, 2.75) is 18.4 Å². The first kappa shape index (κ1) is 25.0. The minimum Gasteiger partial charge on any atom is -0.368 e. The van der Waals surface area contributed by atoms with Gasteiger partial charge in [0.1, 0.15) is 11.6 Å². The first-order valence-electron chi connectivity index (χ1n) is 11.1. The molecule has 198 valence electrons. The Labute approximate surface area is 204 Å². The summed E-state index contributed by atoms with van der Waals surface area (Å²) in [7, 11) is 0. The van der Waals surface area contributed by atoms with E-state index in [0.717, 1.165) is 0 Å². The van der Waals surface area contributed by atoms with E-state index in [0.29, 0.717) is 48.4 Å². The number of halogens is 7. The number of carbonyl (C=O) groups excluding carboxylic acids is 1. The van der Waals surface area contributed by atoms with E-state index >= 15 is 0 Å². The zero-order chi connectivity index (χ0) is 26.8. The third kappa shape index (κ3) is 4.74. The highest BCUT2D eigenvalue weighted by Gasteiger charge is 2.54. The summed E-state index contributed by atoms with van der Waals surface area (Å²) in [6.07, 6.45) is -9.79. The van der Waals surface area contributed by atoms with Gasteiger partial charge in [-0.3, -0.25) is 4.90 Å². The van der Waals surface area contributed by atoms with Crippen molar-refractivity contribution in [1.82, 2.24) is 24.4 Å². The zero-order valence-corrected chi connectivity index (χ0v) is 18.9. The number of hydrogen-bond donors (Lipinski definition) is 2. The average molecular weight is 531 g/mol. The van der Waals surface area contributed by atoms with Gasteiger partial charge in [-0.2, -0.15) is 36.0 Å². The van der Waals surface area contributed by atoms with Crippen LogP contribution >= 0.6 is 0 Å². The Kier molecular flexibility index (Phi) is 5.73. The molecule has 0 radical (unpaired) electrons. The highest BCUT2D eigenvalue weighted by molar-refractivity contribution is 5.73. The van der Waals surface area contributed by atoms with Gasteiger partial charge in [-0.05, 0) is 17.7 Å². The number of hydrogen-bond acceptors (Lipinski definition) is 5. The summed E-state index contributed by atoms with van der Waals surface area (Å²) in [6, 6.07) is 5.58. The number of anilines is 1. The SMILES string of the molecule is NC(=O)N1CC2(C1)CN([C@@H](CNc1cc(C(F)(F)F)nc3cc(C(F)(F)F)nn13)c1ccc(F)cc1)C2. The fourth-order valence-corrected chi connectivity index (χ4v) is 4.88. The van der Waals surface area contributed by atoms with Gasteiger partial charge in [-0.1, -0.05) is 12.1 Å². The molecule has 2 aliphatic rings. The van der Waals surface area contributed by atoms with Crippen LogP contribution in [0.5, 0.6) is 0 Å². The summed E-state index contributed by atoms with van der Waals surface area (Å²) in [5, 5.41) is 6.20. The van der Waals surface area contributed by atoms with E-state index in [9.17, 15) is 35.5 Å². The number of carbonyl (C=O) groups is 1. The molecule has 2 aromatic heterocycles. The quantitative estimate of drug-likeness (QED) is 0.490. The van der Waals surface area contributed by atoms with Gasteiger partial charge >= 0.3 is 18.4 Å². The Morgan fingerprint density at radius 2 is 1.62 bits per heavy atom.